The Bertz CT molecular complexity index is 1270. The number of esters is 1. The predicted octanol–water partition coefficient (Wildman–Crippen LogP) is 6.33. The second-order valence-corrected chi connectivity index (χ2v) is 7.62. The van der Waals surface area contributed by atoms with Gasteiger partial charge in [-0.3, -0.25) is 0 Å². The van der Waals surface area contributed by atoms with E-state index in [1.54, 1.807) is 30.3 Å². The van der Waals surface area contributed by atoms with Gasteiger partial charge in [0.25, 0.3) is 0 Å². The highest BCUT2D eigenvalue weighted by Gasteiger charge is 2.10. The zero-order valence-electron chi connectivity index (χ0n) is 16.8. The van der Waals surface area contributed by atoms with E-state index in [4.69, 9.17) is 4.74 Å². The van der Waals surface area contributed by atoms with Crippen molar-refractivity contribution in [2.45, 2.75) is 0 Å². The Morgan fingerprint density at radius 1 is 0.935 bits per heavy atom. The lowest BCUT2D eigenvalue weighted by molar-refractivity contribution is 0.0600. The minimum absolute atomic E-state index is 0.390. The average Bonchev–Trinajstić information content (AvgIpc) is 3.33. The molecular formula is C26H18N2O2S. The van der Waals surface area contributed by atoms with Gasteiger partial charge in [-0.2, -0.15) is 5.26 Å². The summed E-state index contributed by atoms with van der Waals surface area (Å²) in [6.45, 7) is 0. The van der Waals surface area contributed by atoms with Gasteiger partial charge in [-0.05, 0) is 34.9 Å². The van der Waals surface area contributed by atoms with E-state index < -0.39 is 0 Å². The number of carbonyl (C=O) groups is 1. The molecule has 0 aliphatic rings. The van der Waals surface area contributed by atoms with Crippen LogP contribution in [0.15, 0.2) is 84.2 Å². The summed E-state index contributed by atoms with van der Waals surface area (Å²) in [4.78, 5) is 16.2. The molecule has 4 nitrogen and oxygen atoms in total. The molecule has 1 heterocycles. The van der Waals surface area contributed by atoms with Gasteiger partial charge in [0.05, 0.1) is 23.9 Å². The van der Waals surface area contributed by atoms with Crippen molar-refractivity contribution in [3.05, 3.63) is 100 Å². The zero-order valence-corrected chi connectivity index (χ0v) is 17.6. The number of allylic oxidation sites excluding steroid dienone is 1. The van der Waals surface area contributed by atoms with Crippen LogP contribution < -0.4 is 0 Å². The first-order chi connectivity index (χ1) is 15.2. The third kappa shape index (κ3) is 4.61. The monoisotopic (exact) mass is 422 g/mol. The number of benzene rings is 3. The molecule has 0 saturated heterocycles. The largest absolute Gasteiger partial charge is 0.465 e. The summed E-state index contributed by atoms with van der Waals surface area (Å²) >= 11 is 1.43. The third-order valence-electron chi connectivity index (χ3n) is 4.79. The van der Waals surface area contributed by atoms with E-state index in [0.717, 1.165) is 22.4 Å². The SMILES string of the molecule is COC(=O)c1ccc(/C=C(\C#N)c2nc(-c3ccc(-c4ccccc4)cc3)cs2)cc1. The molecule has 0 N–H and O–H groups in total. The lowest BCUT2D eigenvalue weighted by Crippen LogP contribution is -2.00. The predicted molar refractivity (Wildman–Crippen MR) is 124 cm³/mol. The van der Waals surface area contributed by atoms with Crippen LogP contribution in [-0.4, -0.2) is 18.1 Å². The highest BCUT2D eigenvalue weighted by molar-refractivity contribution is 7.11. The van der Waals surface area contributed by atoms with E-state index in [-0.39, 0.29) is 5.97 Å². The Hall–Kier alpha value is -4.01. The number of rotatable bonds is 5. The molecule has 0 aliphatic carbocycles. The number of nitrogens with zero attached hydrogens (tertiary/aromatic N) is 2. The van der Waals surface area contributed by atoms with Crippen LogP contribution in [-0.2, 0) is 4.74 Å². The lowest BCUT2D eigenvalue weighted by atomic mass is 10.0. The van der Waals surface area contributed by atoms with Crippen molar-refractivity contribution in [3.63, 3.8) is 0 Å². The maximum Gasteiger partial charge on any atom is 0.337 e. The summed E-state index contributed by atoms with van der Waals surface area (Å²) in [5, 5.41) is 12.2. The van der Waals surface area contributed by atoms with Crippen molar-refractivity contribution in [2.75, 3.05) is 7.11 Å². The van der Waals surface area contributed by atoms with Gasteiger partial charge in [0, 0.05) is 10.9 Å². The Balaban J connectivity index is 1.56. The minimum Gasteiger partial charge on any atom is -0.465 e. The van der Waals surface area contributed by atoms with Crippen LogP contribution in [0.2, 0.25) is 0 Å². The molecule has 0 saturated carbocycles. The summed E-state index contributed by atoms with van der Waals surface area (Å²) in [6.07, 6.45) is 1.77. The fraction of sp³-hybridized carbons (Fsp3) is 0.0385. The minimum atomic E-state index is -0.390. The van der Waals surface area contributed by atoms with Gasteiger partial charge in [0.15, 0.2) is 0 Å². The average molecular weight is 423 g/mol. The summed E-state index contributed by atoms with van der Waals surface area (Å²) in [5.41, 5.74) is 5.90. The van der Waals surface area contributed by atoms with Gasteiger partial charge in [0.2, 0.25) is 0 Å². The highest BCUT2D eigenvalue weighted by atomic mass is 32.1. The van der Waals surface area contributed by atoms with Crippen molar-refractivity contribution >= 4 is 29.0 Å². The smallest absolute Gasteiger partial charge is 0.337 e. The topological polar surface area (TPSA) is 63.0 Å². The Labute approximate surface area is 184 Å². The molecule has 5 heteroatoms. The maximum absolute atomic E-state index is 11.6. The van der Waals surface area contributed by atoms with Crippen molar-refractivity contribution in [1.29, 1.82) is 5.26 Å². The molecule has 0 aliphatic heterocycles. The first-order valence-corrected chi connectivity index (χ1v) is 10.5. The van der Waals surface area contributed by atoms with E-state index in [9.17, 15) is 10.1 Å². The Kier molecular flexibility index (Phi) is 6.02. The molecule has 0 radical (unpaired) electrons. The number of hydrogen-bond donors (Lipinski definition) is 0. The first kappa shape index (κ1) is 20.3. The number of methoxy groups -OCH3 is 1. The van der Waals surface area contributed by atoms with Gasteiger partial charge < -0.3 is 4.74 Å². The normalized spacial score (nSPS) is 11.0. The van der Waals surface area contributed by atoms with Crippen LogP contribution in [0.4, 0.5) is 0 Å². The molecule has 4 rings (SSSR count). The van der Waals surface area contributed by atoms with Gasteiger partial charge in [-0.25, -0.2) is 9.78 Å². The fourth-order valence-electron chi connectivity index (χ4n) is 3.14. The number of ether oxygens (including phenoxy) is 1. The molecule has 31 heavy (non-hydrogen) atoms. The van der Waals surface area contributed by atoms with Crippen molar-refractivity contribution in [1.82, 2.24) is 4.98 Å². The zero-order chi connectivity index (χ0) is 21.6. The van der Waals surface area contributed by atoms with Gasteiger partial charge >= 0.3 is 5.97 Å². The Morgan fingerprint density at radius 3 is 2.23 bits per heavy atom. The second kappa shape index (κ2) is 9.21. The summed E-state index contributed by atoms with van der Waals surface area (Å²) in [5.74, 6) is -0.390. The lowest BCUT2D eigenvalue weighted by Gasteiger charge is -2.03. The molecule has 150 valence electrons. The van der Waals surface area contributed by atoms with E-state index in [2.05, 4.69) is 35.3 Å². The summed E-state index contributed by atoms with van der Waals surface area (Å²) < 4.78 is 4.71. The van der Waals surface area contributed by atoms with Gasteiger partial charge in [-0.1, -0.05) is 66.7 Å². The van der Waals surface area contributed by atoms with E-state index in [1.807, 2.05) is 35.7 Å². The van der Waals surface area contributed by atoms with Crippen LogP contribution in [0.3, 0.4) is 0 Å². The molecular weight excluding hydrogens is 404 g/mol. The molecule has 0 bridgehead atoms. The maximum atomic E-state index is 11.6. The molecule has 0 unspecified atom stereocenters. The third-order valence-corrected chi connectivity index (χ3v) is 5.66. The summed E-state index contributed by atoms with van der Waals surface area (Å²) in [7, 11) is 1.35. The van der Waals surface area contributed by atoms with Crippen LogP contribution in [0.1, 0.15) is 20.9 Å². The van der Waals surface area contributed by atoms with Crippen molar-refractivity contribution < 1.29 is 9.53 Å². The van der Waals surface area contributed by atoms with Crippen LogP contribution in [0.25, 0.3) is 34.0 Å². The van der Waals surface area contributed by atoms with Crippen molar-refractivity contribution in [2.24, 2.45) is 0 Å². The quantitative estimate of drug-likeness (QED) is 0.279. The standard InChI is InChI=1S/C26H18N2O2S/c1-30-26(29)22-9-7-18(8-10-22)15-23(16-27)25-28-24(17-31-25)21-13-11-20(12-14-21)19-5-3-2-4-6-19/h2-15,17H,1H3/b23-15+. The fourth-order valence-corrected chi connectivity index (χ4v) is 3.93. The van der Waals surface area contributed by atoms with Crippen LogP contribution in [0.5, 0.6) is 0 Å². The molecule has 0 atom stereocenters. The van der Waals surface area contributed by atoms with E-state index >= 15 is 0 Å². The van der Waals surface area contributed by atoms with E-state index in [1.165, 1.54) is 24.0 Å². The number of aromatic nitrogens is 1. The molecule has 4 aromatic rings. The number of nitriles is 1. The molecule has 0 amide bonds. The van der Waals surface area contributed by atoms with Gasteiger partial charge in [0.1, 0.15) is 11.1 Å². The summed E-state index contributed by atoms with van der Waals surface area (Å²) in [6, 6.07) is 27.6. The second-order valence-electron chi connectivity index (χ2n) is 6.76. The van der Waals surface area contributed by atoms with Crippen LogP contribution >= 0.6 is 11.3 Å². The molecule has 3 aromatic carbocycles. The first-order valence-electron chi connectivity index (χ1n) is 9.60. The van der Waals surface area contributed by atoms with E-state index in [0.29, 0.717) is 16.1 Å². The molecule has 1 aromatic heterocycles. The highest BCUT2D eigenvalue weighted by Crippen LogP contribution is 2.29. The van der Waals surface area contributed by atoms with Crippen LogP contribution in [0, 0.1) is 11.3 Å². The molecule has 0 spiro atoms. The Morgan fingerprint density at radius 2 is 1.58 bits per heavy atom. The van der Waals surface area contributed by atoms with Gasteiger partial charge in [-0.15, -0.1) is 11.3 Å². The van der Waals surface area contributed by atoms with Crippen molar-refractivity contribution in [3.8, 4) is 28.5 Å². The number of thiazole rings is 1. The molecule has 0 fully saturated rings. The number of carbonyl (C=O) groups excluding carboxylic acids is 1. The number of hydrogen-bond acceptors (Lipinski definition) is 5.